The first-order chi connectivity index (χ1) is 13.8. The second-order valence-electron chi connectivity index (χ2n) is 7.21. The molecule has 3 aromatic heterocycles. The molecule has 29 heavy (non-hydrogen) atoms. The van der Waals surface area contributed by atoms with E-state index in [1.165, 1.54) is 16.8 Å². The number of fused-ring (bicyclic) bond motifs is 1. The molecule has 1 aromatic carbocycles. The molecule has 0 saturated carbocycles. The van der Waals surface area contributed by atoms with Gasteiger partial charge in [-0.25, -0.2) is 14.1 Å². The second kappa shape index (κ2) is 6.84. The Labute approximate surface area is 166 Å². The topological polar surface area (TPSA) is 79.8 Å². The first-order valence-electron chi connectivity index (χ1n) is 9.18. The zero-order chi connectivity index (χ0) is 20.9. The number of imidazole rings is 1. The lowest BCUT2D eigenvalue weighted by Crippen LogP contribution is -2.20. The van der Waals surface area contributed by atoms with Gasteiger partial charge in [0.05, 0.1) is 11.9 Å². The highest BCUT2D eigenvalue weighted by molar-refractivity contribution is 5.73. The molecular formula is C20H21FN6O2. The molecule has 0 amide bonds. The summed E-state index contributed by atoms with van der Waals surface area (Å²) in [6.07, 6.45) is 3.26. The van der Waals surface area contributed by atoms with Crippen LogP contribution >= 0.6 is 0 Å². The lowest BCUT2D eigenvalue weighted by molar-refractivity contribution is 0.411. The van der Waals surface area contributed by atoms with E-state index in [1.807, 2.05) is 32.4 Å². The third kappa shape index (κ3) is 3.18. The molecule has 8 nitrogen and oxygen atoms in total. The minimum absolute atomic E-state index is 0.0264. The molecule has 4 rings (SSSR count). The number of benzene rings is 1. The van der Waals surface area contributed by atoms with Gasteiger partial charge in [0, 0.05) is 38.0 Å². The van der Waals surface area contributed by atoms with Gasteiger partial charge in [0.25, 0.3) is 5.56 Å². The average molecular weight is 396 g/mol. The van der Waals surface area contributed by atoms with E-state index < -0.39 is 5.82 Å². The molecule has 0 aliphatic rings. The summed E-state index contributed by atoms with van der Waals surface area (Å²) < 4.78 is 25.2. The summed E-state index contributed by atoms with van der Waals surface area (Å²) in [5.74, 6) is 0.546. The molecule has 0 saturated heterocycles. The molecule has 0 N–H and O–H groups in total. The van der Waals surface area contributed by atoms with Crippen molar-refractivity contribution in [3.05, 3.63) is 52.6 Å². The van der Waals surface area contributed by atoms with Gasteiger partial charge in [0.1, 0.15) is 22.8 Å². The summed E-state index contributed by atoms with van der Waals surface area (Å²) in [5.41, 5.74) is 1.06. The molecule has 3 heterocycles. The quantitative estimate of drug-likeness (QED) is 0.529. The first-order valence-corrected chi connectivity index (χ1v) is 9.18. The smallest absolute Gasteiger partial charge is 0.306 e. The number of hydrogen-bond acceptors (Lipinski definition) is 5. The fraction of sp³-hybridized carbons (Fsp3) is 0.300. The number of hydrogen-bond donors (Lipinski definition) is 0. The highest BCUT2D eigenvalue weighted by Gasteiger charge is 2.17. The molecule has 0 atom stereocenters. The third-order valence-electron chi connectivity index (χ3n) is 4.82. The Morgan fingerprint density at radius 3 is 2.55 bits per heavy atom. The minimum Gasteiger partial charge on any atom is -0.425 e. The number of halogens is 1. The van der Waals surface area contributed by atoms with Crippen LogP contribution in [0.3, 0.4) is 0 Å². The van der Waals surface area contributed by atoms with Gasteiger partial charge in [0.15, 0.2) is 5.65 Å². The van der Waals surface area contributed by atoms with Crippen molar-refractivity contribution in [3.8, 4) is 23.0 Å². The fourth-order valence-electron chi connectivity index (χ4n) is 3.08. The zero-order valence-corrected chi connectivity index (χ0v) is 16.8. The zero-order valence-electron chi connectivity index (χ0n) is 16.8. The van der Waals surface area contributed by atoms with Crippen LogP contribution in [0, 0.1) is 12.7 Å². The molecule has 150 valence electrons. The maximum absolute atomic E-state index is 14.7. The van der Waals surface area contributed by atoms with E-state index in [2.05, 4.69) is 15.1 Å². The predicted molar refractivity (Wildman–Crippen MR) is 107 cm³/mol. The summed E-state index contributed by atoms with van der Waals surface area (Å²) in [6.45, 7) is 5.74. The predicted octanol–water partition coefficient (Wildman–Crippen LogP) is 3.35. The summed E-state index contributed by atoms with van der Waals surface area (Å²) in [6, 6.07) is 4.57. The Morgan fingerprint density at radius 2 is 1.93 bits per heavy atom. The summed E-state index contributed by atoms with van der Waals surface area (Å²) in [4.78, 5) is 21.4. The first kappa shape index (κ1) is 18.9. The van der Waals surface area contributed by atoms with Crippen LogP contribution in [0.2, 0.25) is 0 Å². The van der Waals surface area contributed by atoms with E-state index in [0.29, 0.717) is 22.3 Å². The van der Waals surface area contributed by atoms with E-state index in [0.717, 1.165) is 5.82 Å². The number of aromatic nitrogens is 6. The molecule has 0 bridgehead atoms. The second-order valence-corrected chi connectivity index (χ2v) is 7.21. The molecule has 0 aliphatic heterocycles. The normalized spacial score (nSPS) is 11.6. The standard InChI is InChI=1S/C20H21FN6O2/c1-11(2)27-18-15(9-22-27)19(28)26(5)20(24-18)29-13-6-7-14(16(21)8-13)17-10-25(4)12(3)23-17/h6-11H,1-5H3. The minimum atomic E-state index is -0.473. The highest BCUT2D eigenvalue weighted by Crippen LogP contribution is 2.28. The van der Waals surface area contributed by atoms with Crippen molar-refractivity contribution < 1.29 is 9.13 Å². The van der Waals surface area contributed by atoms with Crippen molar-refractivity contribution in [2.24, 2.45) is 14.1 Å². The van der Waals surface area contributed by atoms with Crippen LogP contribution in [0.1, 0.15) is 25.7 Å². The summed E-state index contributed by atoms with van der Waals surface area (Å²) >= 11 is 0. The van der Waals surface area contributed by atoms with Crippen molar-refractivity contribution in [2.75, 3.05) is 0 Å². The van der Waals surface area contributed by atoms with Crippen LogP contribution in [0.25, 0.3) is 22.3 Å². The lowest BCUT2D eigenvalue weighted by atomic mass is 10.1. The van der Waals surface area contributed by atoms with E-state index >= 15 is 0 Å². The Kier molecular flexibility index (Phi) is 4.45. The number of nitrogens with zero attached hydrogens (tertiary/aromatic N) is 6. The summed E-state index contributed by atoms with van der Waals surface area (Å²) in [7, 11) is 3.41. The van der Waals surface area contributed by atoms with Gasteiger partial charge < -0.3 is 9.30 Å². The Morgan fingerprint density at radius 1 is 1.17 bits per heavy atom. The molecule has 0 spiro atoms. The van der Waals surface area contributed by atoms with Crippen LogP contribution < -0.4 is 10.3 Å². The van der Waals surface area contributed by atoms with Gasteiger partial charge in [0.2, 0.25) is 0 Å². The maximum atomic E-state index is 14.7. The van der Waals surface area contributed by atoms with E-state index in [1.54, 1.807) is 30.1 Å². The number of rotatable bonds is 4. The molecule has 0 unspecified atom stereocenters. The van der Waals surface area contributed by atoms with E-state index in [4.69, 9.17) is 4.74 Å². The van der Waals surface area contributed by atoms with Gasteiger partial charge >= 0.3 is 6.01 Å². The molecule has 4 aromatic rings. The van der Waals surface area contributed by atoms with Crippen LogP contribution in [0.15, 0.2) is 35.4 Å². The van der Waals surface area contributed by atoms with Gasteiger partial charge in [-0.1, -0.05) is 0 Å². The molecular weight excluding hydrogens is 375 g/mol. The van der Waals surface area contributed by atoms with Crippen molar-refractivity contribution in [1.29, 1.82) is 0 Å². The van der Waals surface area contributed by atoms with Crippen LogP contribution in [-0.4, -0.2) is 28.9 Å². The van der Waals surface area contributed by atoms with Crippen molar-refractivity contribution in [1.82, 2.24) is 28.9 Å². The van der Waals surface area contributed by atoms with Crippen molar-refractivity contribution in [2.45, 2.75) is 26.8 Å². The summed E-state index contributed by atoms with van der Waals surface area (Å²) in [5, 5.41) is 4.63. The van der Waals surface area contributed by atoms with Crippen LogP contribution in [-0.2, 0) is 14.1 Å². The van der Waals surface area contributed by atoms with Gasteiger partial charge in [-0.15, -0.1) is 0 Å². The SMILES string of the molecule is Cc1nc(-c2ccc(Oc3nc4c(cnn4C(C)C)c(=O)n3C)cc2F)cn1C. The molecule has 0 fully saturated rings. The lowest BCUT2D eigenvalue weighted by Gasteiger charge is -2.11. The third-order valence-corrected chi connectivity index (χ3v) is 4.82. The van der Waals surface area contributed by atoms with E-state index in [9.17, 15) is 9.18 Å². The van der Waals surface area contributed by atoms with Crippen LogP contribution in [0.5, 0.6) is 11.8 Å². The Balaban J connectivity index is 1.73. The molecule has 9 heteroatoms. The van der Waals surface area contributed by atoms with Gasteiger partial charge in [-0.3, -0.25) is 9.36 Å². The highest BCUT2D eigenvalue weighted by atomic mass is 19.1. The fourth-order valence-corrected chi connectivity index (χ4v) is 3.08. The number of aryl methyl sites for hydroxylation is 2. The molecule has 0 aliphatic carbocycles. The van der Waals surface area contributed by atoms with E-state index in [-0.39, 0.29) is 23.4 Å². The Hall–Kier alpha value is -3.49. The van der Waals surface area contributed by atoms with Gasteiger partial charge in [-0.2, -0.15) is 10.1 Å². The van der Waals surface area contributed by atoms with Crippen LogP contribution in [0.4, 0.5) is 4.39 Å². The van der Waals surface area contributed by atoms with Crippen molar-refractivity contribution in [3.63, 3.8) is 0 Å². The average Bonchev–Trinajstić information content (AvgIpc) is 3.23. The number of ether oxygens (including phenoxy) is 1. The van der Waals surface area contributed by atoms with Crippen molar-refractivity contribution >= 4 is 11.0 Å². The maximum Gasteiger partial charge on any atom is 0.306 e. The van der Waals surface area contributed by atoms with Gasteiger partial charge in [-0.05, 0) is 32.9 Å². The monoisotopic (exact) mass is 396 g/mol. The molecule has 0 radical (unpaired) electrons. The largest absolute Gasteiger partial charge is 0.425 e. The Bertz CT molecular complexity index is 1260.